The zero-order valence-corrected chi connectivity index (χ0v) is 13.0. The van der Waals surface area contributed by atoms with Crippen molar-refractivity contribution >= 4 is 11.8 Å². The van der Waals surface area contributed by atoms with Crippen LogP contribution in [0.5, 0.6) is 11.8 Å². The Morgan fingerprint density at radius 1 is 1.00 bits per heavy atom. The van der Waals surface area contributed by atoms with Crippen LogP contribution in [0.2, 0.25) is 0 Å². The maximum Gasteiger partial charge on any atom is 0.221 e. The van der Waals surface area contributed by atoms with E-state index in [2.05, 4.69) is 17.6 Å². The first-order chi connectivity index (χ1) is 10.5. The Labute approximate surface area is 130 Å². The summed E-state index contributed by atoms with van der Waals surface area (Å²) < 4.78 is 1.25. The monoisotopic (exact) mass is 311 g/mol. The average molecular weight is 311 g/mol. The molecule has 0 spiro atoms. The van der Waals surface area contributed by atoms with Crippen molar-refractivity contribution in [2.45, 2.75) is 45.6 Å². The van der Waals surface area contributed by atoms with Gasteiger partial charge in [0.2, 0.25) is 11.8 Å². The fourth-order valence-corrected chi connectivity index (χ4v) is 2.01. The van der Waals surface area contributed by atoms with Crippen molar-refractivity contribution in [2.75, 3.05) is 13.1 Å². The van der Waals surface area contributed by atoms with E-state index in [1.807, 2.05) is 0 Å². The van der Waals surface area contributed by atoms with Crippen LogP contribution in [0.15, 0.2) is 12.1 Å². The third-order valence-electron chi connectivity index (χ3n) is 3.27. The number of rotatable bonds is 10. The van der Waals surface area contributed by atoms with E-state index in [9.17, 15) is 19.8 Å². The molecule has 7 heteroatoms. The highest BCUT2D eigenvalue weighted by atomic mass is 16.3. The highest BCUT2D eigenvalue weighted by molar-refractivity contribution is 5.77. The normalized spacial score (nSPS) is 10.4. The van der Waals surface area contributed by atoms with Crippen molar-refractivity contribution in [2.24, 2.45) is 0 Å². The summed E-state index contributed by atoms with van der Waals surface area (Å²) >= 11 is 0. The number of nitrogens with zero attached hydrogens (tertiary/aromatic N) is 1. The molecule has 2 amide bonds. The lowest BCUT2D eigenvalue weighted by molar-refractivity contribution is -0.123. The lowest BCUT2D eigenvalue weighted by atomic mass is 10.2. The molecule has 7 nitrogen and oxygen atoms in total. The number of aromatic hydroxyl groups is 2. The average Bonchev–Trinajstić information content (AvgIpc) is 2.81. The van der Waals surface area contributed by atoms with Crippen LogP contribution < -0.4 is 10.6 Å². The predicted molar refractivity (Wildman–Crippen MR) is 82.5 cm³/mol. The van der Waals surface area contributed by atoms with Crippen LogP contribution in [0.1, 0.15) is 39.0 Å². The number of hydrogen-bond donors (Lipinski definition) is 4. The summed E-state index contributed by atoms with van der Waals surface area (Å²) in [5, 5.41) is 24.3. The van der Waals surface area contributed by atoms with Crippen molar-refractivity contribution in [1.82, 2.24) is 15.2 Å². The van der Waals surface area contributed by atoms with E-state index in [1.165, 1.54) is 16.7 Å². The molecule has 0 aliphatic rings. The Morgan fingerprint density at radius 2 is 1.55 bits per heavy atom. The molecule has 0 unspecified atom stereocenters. The molecule has 1 rings (SSSR count). The SMILES string of the molecule is CCCCCC(=O)NCCNC(=O)CCn1c(O)ccc1O. The second-order valence-corrected chi connectivity index (χ2v) is 5.11. The lowest BCUT2D eigenvalue weighted by Crippen LogP contribution is -2.34. The number of hydrogen-bond acceptors (Lipinski definition) is 4. The Bertz CT molecular complexity index is 466. The van der Waals surface area contributed by atoms with Crippen LogP contribution >= 0.6 is 0 Å². The van der Waals surface area contributed by atoms with Gasteiger partial charge in [-0.2, -0.15) is 0 Å². The number of nitrogens with one attached hydrogen (secondary N) is 2. The van der Waals surface area contributed by atoms with Gasteiger partial charge >= 0.3 is 0 Å². The molecule has 0 saturated heterocycles. The summed E-state index contributed by atoms with van der Waals surface area (Å²) in [5.74, 6) is -0.355. The maximum absolute atomic E-state index is 11.6. The fraction of sp³-hybridized carbons (Fsp3) is 0.600. The highest BCUT2D eigenvalue weighted by Crippen LogP contribution is 2.20. The van der Waals surface area contributed by atoms with Gasteiger partial charge in [-0.1, -0.05) is 19.8 Å². The fourth-order valence-electron chi connectivity index (χ4n) is 2.01. The van der Waals surface area contributed by atoms with Crippen LogP contribution in [0.4, 0.5) is 0 Å². The molecule has 0 atom stereocenters. The van der Waals surface area contributed by atoms with Crippen LogP contribution in [0, 0.1) is 0 Å². The molecule has 0 radical (unpaired) electrons. The number of aromatic nitrogens is 1. The molecule has 22 heavy (non-hydrogen) atoms. The standard InChI is InChI=1S/C15H25N3O4/c1-2-3-4-5-12(19)16-9-10-17-13(20)8-11-18-14(21)6-7-15(18)22/h6-7,21-22H,2-5,8-11H2,1H3,(H,16,19)(H,17,20). The summed E-state index contributed by atoms with van der Waals surface area (Å²) in [4.78, 5) is 23.1. The second kappa shape index (κ2) is 9.70. The van der Waals surface area contributed by atoms with E-state index in [1.54, 1.807) is 0 Å². The van der Waals surface area contributed by atoms with Gasteiger partial charge < -0.3 is 20.8 Å². The molecule has 0 aliphatic heterocycles. The number of carbonyl (C=O) groups is 2. The largest absolute Gasteiger partial charge is 0.494 e. The van der Waals surface area contributed by atoms with Gasteiger partial charge in [-0.3, -0.25) is 14.2 Å². The van der Waals surface area contributed by atoms with Gasteiger partial charge in [-0.15, -0.1) is 0 Å². The molecule has 1 aromatic rings. The van der Waals surface area contributed by atoms with Crippen molar-refractivity contribution in [3.05, 3.63) is 12.1 Å². The highest BCUT2D eigenvalue weighted by Gasteiger charge is 2.08. The first kappa shape index (κ1) is 17.9. The molecular weight excluding hydrogens is 286 g/mol. The number of unbranched alkanes of at least 4 members (excludes halogenated alkanes) is 2. The minimum absolute atomic E-state index is 0.00452. The molecule has 1 aromatic heterocycles. The smallest absolute Gasteiger partial charge is 0.221 e. The summed E-state index contributed by atoms with van der Waals surface area (Å²) in [5.41, 5.74) is 0. The molecule has 0 aromatic carbocycles. The zero-order chi connectivity index (χ0) is 16.4. The number of amides is 2. The molecule has 0 saturated carbocycles. The van der Waals surface area contributed by atoms with E-state index < -0.39 is 0 Å². The molecule has 1 heterocycles. The quantitative estimate of drug-likeness (QED) is 0.486. The van der Waals surface area contributed by atoms with Gasteiger partial charge in [0.15, 0.2) is 11.8 Å². The lowest BCUT2D eigenvalue weighted by Gasteiger charge is -2.08. The van der Waals surface area contributed by atoms with Gasteiger partial charge in [-0.05, 0) is 6.42 Å². The minimum atomic E-state index is -0.201. The number of carbonyl (C=O) groups excluding carboxylic acids is 2. The minimum Gasteiger partial charge on any atom is -0.494 e. The summed E-state index contributed by atoms with van der Waals surface area (Å²) in [7, 11) is 0. The summed E-state index contributed by atoms with van der Waals surface area (Å²) in [6.07, 6.45) is 3.67. The van der Waals surface area contributed by atoms with Crippen molar-refractivity contribution < 1.29 is 19.8 Å². The van der Waals surface area contributed by atoms with Crippen molar-refractivity contribution in [3.8, 4) is 11.8 Å². The first-order valence-electron chi connectivity index (χ1n) is 7.65. The van der Waals surface area contributed by atoms with E-state index in [-0.39, 0.29) is 36.5 Å². The summed E-state index contributed by atoms with van der Waals surface area (Å²) in [6.45, 7) is 3.04. The summed E-state index contributed by atoms with van der Waals surface area (Å²) in [6, 6.07) is 2.72. The molecule has 124 valence electrons. The van der Waals surface area contributed by atoms with Gasteiger partial charge in [-0.25, -0.2) is 0 Å². The molecule has 0 bridgehead atoms. The molecule has 4 N–H and O–H groups in total. The predicted octanol–water partition coefficient (Wildman–Crippen LogP) is 1.10. The first-order valence-corrected chi connectivity index (χ1v) is 7.65. The topological polar surface area (TPSA) is 104 Å². The Balaban J connectivity index is 2.10. The molecule has 0 aliphatic carbocycles. The van der Waals surface area contributed by atoms with E-state index >= 15 is 0 Å². The van der Waals surface area contributed by atoms with Crippen molar-refractivity contribution in [3.63, 3.8) is 0 Å². The van der Waals surface area contributed by atoms with Gasteiger partial charge in [0.1, 0.15) is 0 Å². The van der Waals surface area contributed by atoms with E-state index in [4.69, 9.17) is 0 Å². The Morgan fingerprint density at radius 3 is 2.09 bits per heavy atom. The second-order valence-electron chi connectivity index (χ2n) is 5.11. The third-order valence-corrected chi connectivity index (χ3v) is 3.27. The Kier molecular flexibility index (Phi) is 7.88. The van der Waals surface area contributed by atoms with E-state index in [0.717, 1.165) is 19.3 Å². The van der Waals surface area contributed by atoms with Crippen LogP contribution in [0.25, 0.3) is 0 Å². The molecular formula is C15H25N3O4. The zero-order valence-electron chi connectivity index (χ0n) is 13.0. The van der Waals surface area contributed by atoms with Gasteiger partial charge in [0.25, 0.3) is 0 Å². The van der Waals surface area contributed by atoms with Crippen molar-refractivity contribution in [1.29, 1.82) is 0 Å². The maximum atomic E-state index is 11.6. The third kappa shape index (κ3) is 6.51. The van der Waals surface area contributed by atoms with Crippen LogP contribution in [-0.2, 0) is 16.1 Å². The van der Waals surface area contributed by atoms with Gasteiger partial charge in [0, 0.05) is 44.6 Å². The molecule has 0 fully saturated rings. The Hall–Kier alpha value is -2.18. The van der Waals surface area contributed by atoms with Gasteiger partial charge in [0.05, 0.1) is 0 Å². The van der Waals surface area contributed by atoms with Crippen LogP contribution in [-0.4, -0.2) is 39.7 Å². The van der Waals surface area contributed by atoms with E-state index in [0.29, 0.717) is 19.5 Å². The van der Waals surface area contributed by atoms with Crippen LogP contribution in [0.3, 0.4) is 0 Å².